The van der Waals surface area contributed by atoms with E-state index in [2.05, 4.69) is 4.98 Å². The molecule has 8 heteroatoms. The van der Waals surface area contributed by atoms with Crippen molar-refractivity contribution in [2.24, 2.45) is 0 Å². The van der Waals surface area contributed by atoms with E-state index >= 15 is 0 Å². The number of ketones is 1. The third kappa shape index (κ3) is 3.46. The number of aromatic amines is 1. The Morgan fingerprint density at radius 2 is 1.84 bits per heavy atom. The van der Waals surface area contributed by atoms with E-state index in [0.717, 1.165) is 0 Å². The number of H-pyrrole nitrogens is 1. The van der Waals surface area contributed by atoms with E-state index in [4.69, 9.17) is 16.3 Å². The van der Waals surface area contributed by atoms with Crippen molar-refractivity contribution >= 4 is 40.3 Å². The Morgan fingerprint density at radius 1 is 1.16 bits per heavy atom. The van der Waals surface area contributed by atoms with Crippen molar-refractivity contribution in [2.75, 3.05) is 32.8 Å². The van der Waals surface area contributed by atoms with Crippen LogP contribution in [0.3, 0.4) is 0 Å². The van der Waals surface area contributed by atoms with Crippen LogP contribution in [0.4, 0.5) is 4.79 Å². The van der Waals surface area contributed by atoms with Crippen molar-refractivity contribution in [3.05, 3.63) is 35.0 Å². The van der Waals surface area contributed by atoms with Crippen LogP contribution < -0.4 is 0 Å². The standard InChI is InChI=1S/C17H18ClN3O4/c1-2-25-17(24)21-7-5-20(6-8-21)16(23)15(22)13-10-19-14-9-11(18)3-4-12(13)14/h3-4,9-10,19H,2,5-8H2,1H3. The number of amides is 2. The van der Waals surface area contributed by atoms with Crippen molar-refractivity contribution in [3.8, 4) is 0 Å². The van der Waals surface area contributed by atoms with E-state index in [1.807, 2.05) is 0 Å². The summed E-state index contributed by atoms with van der Waals surface area (Å²) in [7, 11) is 0. The number of carbonyl (C=O) groups is 3. The molecule has 3 rings (SSSR count). The fourth-order valence-corrected chi connectivity index (χ4v) is 3.02. The van der Waals surface area contributed by atoms with Gasteiger partial charge in [0.1, 0.15) is 0 Å². The summed E-state index contributed by atoms with van der Waals surface area (Å²) in [6.45, 7) is 3.35. The molecule has 1 aliphatic heterocycles. The summed E-state index contributed by atoms with van der Waals surface area (Å²) in [5, 5.41) is 1.21. The number of nitrogens with one attached hydrogen (secondary N) is 1. The minimum Gasteiger partial charge on any atom is -0.450 e. The van der Waals surface area contributed by atoms with Gasteiger partial charge in [-0.1, -0.05) is 17.7 Å². The van der Waals surface area contributed by atoms with Crippen molar-refractivity contribution in [1.82, 2.24) is 14.8 Å². The molecule has 0 bridgehead atoms. The molecule has 0 radical (unpaired) electrons. The number of rotatable bonds is 3. The molecule has 7 nitrogen and oxygen atoms in total. The third-order valence-corrected chi connectivity index (χ3v) is 4.41. The number of aromatic nitrogens is 1. The van der Waals surface area contributed by atoms with Crippen LogP contribution in [-0.2, 0) is 9.53 Å². The summed E-state index contributed by atoms with van der Waals surface area (Å²) in [5.74, 6) is -1.14. The number of halogens is 1. The summed E-state index contributed by atoms with van der Waals surface area (Å²) in [4.78, 5) is 42.7. The SMILES string of the molecule is CCOC(=O)N1CCN(C(=O)C(=O)c2c[nH]c3cc(Cl)ccc23)CC1. The topological polar surface area (TPSA) is 82.7 Å². The molecule has 0 atom stereocenters. The number of hydrogen-bond donors (Lipinski definition) is 1. The highest BCUT2D eigenvalue weighted by atomic mass is 35.5. The van der Waals surface area contributed by atoms with Crippen LogP contribution >= 0.6 is 11.6 Å². The normalized spacial score (nSPS) is 14.6. The van der Waals surface area contributed by atoms with Crippen molar-refractivity contribution in [3.63, 3.8) is 0 Å². The maximum atomic E-state index is 12.6. The number of carbonyl (C=O) groups excluding carboxylic acids is 3. The predicted octanol–water partition coefficient (Wildman–Crippen LogP) is 2.30. The van der Waals surface area contributed by atoms with E-state index in [-0.39, 0.29) is 0 Å². The lowest BCUT2D eigenvalue weighted by Crippen LogP contribution is -2.52. The molecule has 0 saturated carbocycles. The van der Waals surface area contributed by atoms with Crippen LogP contribution in [0.5, 0.6) is 0 Å². The number of hydrogen-bond acceptors (Lipinski definition) is 4. The minimum absolute atomic E-state index is 0.303. The zero-order valence-electron chi connectivity index (χ0n) is 13.8. The maximum absolute atomic E-state index is 12.6. The molecule has 25 heavy (non-hydrogen) atoms. The quantitative estimate of drug-likeness (QED) is 0.670. The van der Waals surface area contributed by atoms with Gasteiger partial charge in [0.25, 0.3) is 11.7 Å². The van der Waals surface area contributed by atoms with Crippen LogP contribution in [0.25, 0.3) is 10.9 Å². The van der Waals surface area contributed by atoms with Crippen LogP contribution in [0, 0.1) is 0 Å². The molecule has 2 heterocycles. The molecular weight excluding hydrogens is 346 g/mol. The van der Waals surface area contributed by atoms with Gasteiger partial charge in [-0.15, -0.1) is 0 Å². The van der Waals surface area contributed by atoms with Crippen LogP contribution in [-0.4, -0.2) is 65.4 Å². The third-order valence-electron chi connectivity index (χ3n) is 4.18. The first-order valence-electron chi connectivity index (χ1n) is 8.03. The molecule has 1 saturated heterocycles. The van der Waals surface area contributed by atoms with E-state index in [9.17, 15) is 14.4 Å². The van der Waals surface area contributed by atoms with Gasteiger partial charge in [0.15, 0.2) is 0 Å². The van der Waals surface area contributed by atoms with E-state index in [0.29, 0.717) is 54.3 Å². The number of benzene rings is 1. The Morgan fingerprint density at radius 3 is 2.52 bits per heavy atom. The van der Waals surface area contributed by atoms with Crippen molar-refractivity contribution < 1.29 is 19.1 Å². The molecule has 0 spiro atoms. The first-order chi connectivity index (χ1) is 12.0. The summed E-state index contributed by atoms with van der Waals surface area (Å²) >= 11 is 5.93. The molecule has 1 N–H and O–H groups in total. The Bertz CT molecular complexity index is 824. The highest BCUT2D eigenvalue weighted by molar-refractivity contribution is 6.45. The average Bonchev–Trinajstić information content (AvgIpc) is 3.03. The molecule has 0 unspecified atom stereocenters. The summed E-state index contributed by atoms with van der Waals surface area (Å²) < 4.78 is 4.94. The van der Waals surface area contributed by atoms with Crippen molar-refractivity contribution in [1.29, 1.82) is 0 Å². The smallest absolute Gasteiger partial charge is 0.409 e. The van der Waals surface area contributed by atoms with Gasteiger partial charge < -0.3 is 19.5 Å². The highest BCUT2D eigenvalue weighted by Crippen LogP contribution is 2.23. The Hall–Kier alpha value is -2.54. The van der Waals surface area contributed by atoms with Crippen LogP contribution in [0.1, 0.15) is 17.3 Å². The number of Topliss-reactive ketones (excluding diaryl/α,β-unsaturated/α-hetero) is 1. The summed E-state index contributed by atoms with van der Waals surface area (Å²) in [6.07, 6.45) is 1.13. The van der Waals surface area contributed by atoms with Crippen molar-refractivity contribution in [2.45, 2.75) is 6.92 Å². The molecule has 2 amide bonds. The lowest BCUT2D eigenvalue weighted by molar-refractivity contribution is -0.128. The lowest BCUT2D eigenvalue weighted by Gasteiger charge is -2.33. The minimum atomic E-state index is -0.571. The molecule has 1 aliphatic rings. The second-order valence-corrected chi connectivity index (χ2v) is 6.14. The second kappa shape index (κ2) is 7.14. The molecule has 1 fully saturated rings. The highest BCUT2D eigenvalue weighted by Gasteiger charge is 2.30. The number of ether oxygens (including phenoxy) is 1. The first-order valence-corrected chi connectivity index (χ1v) is 8.41. The molecule has 1 aromatic carbocycles. The van der Waals surface area contributed by atoms with Gasteiger partial charge >= 0.3 is 6.09 Å². The zero-order chi connectivity index (χ0) is 18.0. The van der Waals surface area contributed by atoms with E-state index in [1.54, 1.807) is 25.1 Å². The predicted molar refractivity (Wildman–Crippen MR) is 92.8 cm³/mol. The van der Waals surface area contributed by atoms with Crippen LogP contribution in [0.2, 0.25) is 5.02 Å². The lowest BCUT2D eigenvalue weighted by atomic mass is 10.1. The van der Waals surface area contributed by atoms with Gasteiger partial charge in [0, 0.05) is 48.3 Å². The maximum Gasteiger partial charge on any atom is 0.409 e. The molecular formula is C17H18ClN3O4. The monoisotopic (exact) mass is 363 g/mol. The van der Waals surface area contributed by atoms with Gasteiger partial charge in [-0.2, -0.15) is 0 Å². The first kappa shape index (κ1) is 17.3. The Balaban J connectivity index is 1.69. The van der Waals surface area contributed by atoms with E-state index < -0.39 is 17.8 Å². The number of nitrogens with zero attached hydrogens (tertiary/aromatic N) is 2. The summed E-state index contributed by atoms with van der Waals surface area (Å²) in [6, 6.07) is 5.10. The molecule has 2 aromatic rings. The van der Waals surface area contributed by atoms with Gasteiger partial charge in [0.05, 0.1) is 12.2 Å². The molecule has 1 aromatic heterocycles. The van der Waals surface area contributed by atoms with Gasteiger partial charge in [-0.25, -0.2) is 4.79 Å². The number of piperazine rings is 1. The van der Waals surface area contributed by atoms with Gasteiger partial charge in [0.2, 0.25) is 0 Å². The second-order valence-electron chi connectivity index (χ2n) is 5.70. The molecule has 132 valence electrons. The number of fused-ring (bicyclic) bond motifs is 1. The average molecular weight is 364 g/mol. The summed E-state index contributed by atoms with van der Waals surface area (Å²) in [5.41, 5.74) is 1.03. The largest absolute Gasteiger partial charge is 0.450 e. The Labute approximate surface area is 149 Å². The Kier molecular flexibility index (Phi) is 4.94. The van der Waals surface area contributed by atoms with Crippen LogP contribution in [0.15, 0.2) is 24.4 Å². The van der Waals surface area contributed by atoms with E-state index in [1.165, 1.54) is 16.0 Å². The fraction of sp³-hybridized carbons (Fsp3) is 0.353. The van der Waals surface area contributed by atoms with Gasteiger partial charge in [-0.3, -0.25) is 9.59 Å². The fourth-order valence-electron chi connectivity index (χ4n) is 2.85. The van der Waals surface area contributed by atoms with Gasteiger partial charge in [-0.05, 0) is 19.1 Å². The zero-order valence-corrected chi connectivity index (χ0v) is 14.5. The molecule has 0 aliphatic carbocycles.